The van der Waals surface area contributed by atoms with E-state index in [-0.39, 0.29) is 24.0 Å². The van der Waals surface area contributed by atoms with Crippen molar-refractivity contribution in [3.05, 3.63) is 36.2 Å². The molecule has 3 N–H and O–H groups in total. The molecule has 0 aliphatic carbocycles. The van der Waals surface area contributed by atoms with Gasteiger partial charge in [0.25, 0.3) is 0 Å². The Morgan fingerprint density at radius 3 is 2.68 bits per heavy atom. The summed E-state index contributed by atoms with van der Waals surface area (Å²) < 4.78 is 39.6. The number of pyridine rings is 1. The predicted octanol–water partition coefficient (Wildman–Crippen LogP) is 1.99. The number of anilines is 1. The minimum atomic E-state index is -4.55. The fourth-order valence-electron chi connectivity index (χ4n) is 1.55. The number of nitrogens with zero attached hydrogens (tertiary/aromatic N) is 3. The lowest BCUT2D eigenvalue weighted by molar-refractivity contribution is -0.137. The number of hydrogen-bond acceptors (Lipinski definition) is 4. The Morgan fingerprint density at radius 1 is 1.41 bits per heavy atom. The number of carbonyl (C=O) groups excluding carboxylic acids is 1. The van der Waals surface area contributed by atoms with Gasteiger partial charge in [-0.1, -0.05) is 0 Å². The fraction of sp³-hybridized carbons (Fsp3) is 0.250. The second-order valence-electron chi connectivity index (χ2n) is 4.30. The zero-order valence-corrected chi connectivity index (χ0v) is 12.1. The molecule has 0 bridgehead atoms. The van der Waals surface area contributed by atoms with Gasteiger partial charge < -0.3 is 11.1 Å². The van der Waals surface area contributed by atoms with Crippen molar-refractivity contribution in [2.75, 3.05) is 5.32 Å². The summed E-state index contributed by atoms with van der Waals surface area (Å²) in [6, 6.07) is 2.70. The SMILES string of the molecule is CC(N)C(=O)Nc1ccn(-c2ncccc2C(F)(F)F)n1.Cl. The van der Waals surface area contributed by atoms with Crippen LogP contribution < -0.4 is 11.1 Å². The molecule has 10 heteroatoms. The quantitative estimate of drug-likeness (QED) is 0.898. The second-order valence-corrected chi connectivity index (χ2v) is 4.30. The molecule has 6 nitrogen and oxygen atoms in total. The summed E-state index contributed by atoms with van der Waals surface area (Å²) in [6.07, 6.45) is -2.05. The van der Waals surface area contributed by atoms with E-state index in [9.17, 15) is 18.0 Å². The van der Waals surface area contributed by atoms with E-state index in [2.05, 4.69) is 15.4 Å². The van der Waals surface area contributed by atoms with Crippen molar-refractivity contribution in [1.29, 1.82) is 0 Å². The molecule has 22 heavy (non-hydrogen) atoms. The molecule has 2 aromatic rings. The van der Waals surface area contributed by atoms with Crippen molar-refractivity contribution in [2.24, 2.45) is 5.73 Å². The Balaban J connectivity index is 0.00000242. The van der Waals surface area contributed by atoms with Gasteiger partial charge in [0.15, 0.2) is 11.6 Å². The Kier molecular flexibility index (Phi) is 5.50. The van der Waals surface area contributed by atoms with Crippen molar-refractivity contribution in [1.82, 2.24) is 14.8 Å². The van der Waals surface area contributed by atoms with Crippen LogP contribution in [0.25, 0.3) is 5.82 Å². The van der Waals surface area contributed by atoms with Gasteiger partial charge in [-0.25, -0.2) is 9.67 Å². The molecule has 0 saturated carbocycles. The van der Waals surface area contributed by atoms with E-state index in [0.29, 0.717) is 0 Å². The zero-order chi connectivity index (χ0) is 15.6. The van der Waals surface area contributed by atoms with Crippen LogP contribution in [0.1, 0.15) is 12.5 Å². The standard InChI is InChI=1S/C12H12F3N5O.ClH/c1-7(16)11(21)18-9-4-6-20(19-9)10-8(12(13,14)15)3-2-5-17-10;/h2-7H,16H2,1H3,(H,18,19,21);1H. The number of aromatic nitrogens is 3. The number of hydrogen-bond donors (Lipinski definition) is 2. The number of alkyl halides is 3. The van der Waals surface area contributed by atoms with Crippen molar-refractivity contribution in [3.8, 4) is 5.82 Å². The maximum atomic E-state index is 12.9. The zero-order valence-electron chi connectivity index (χ0n) is 11.3. The fourth-order valence-corrected chi connectivity index (χ4v) is 1.55. The lowest BCUT2D eigenvalue weighted by atomic mass is 10.2. The Morgan fingerprint density at radius 2 is 2.09 bits per heavy atom. The monoisotopic (exact) mass is 335 g/mol. The molecule has 1 amide bonds. The smallest absolute Gasteiger partial charge is 0.320 e. The van der Waals surface area contributed by atoms with Gasteiger partial charge in [-0.2, -0.15) is 13.2 Å². The maximum absolute atomic E-state index is 12.9. The van der Waals surface area contributed by atoms with E-state index in [0.717, 1.165) is 10.7 Å². The first-order valence-electron chi connectivity index (χ1n) is 5.93. The van der Waals surface area contributed by atoms with Crippen LogP contribution in [-0.4, -0.2) is 26.7 Å². The first kappa shape index (κ1) is 17.9. The van der Waals surface area contributed by atoms with Crippen molar-refractivity contribution >= 4 is 24.1 Å². The van der Waals surface area contributed by atoms with Crippen LogP contribution >= 0.6 is 12.4 Å². The first-order chi connectivity index (χ1) is 9.79. The van der Waals surface area contributed by atoms with E-state index >= 15 is 0 Å². The lowest BCUT2D eigenvalue weighted by Crippen LogP contribution is -2.32. The summed E-state index contributed by atoms with van der Waals surface area (Å²) in [6.45, 7) is 1.48. The molecule has 2 heterocycles. The van der Waals surface area contributed by atoms with Crippen LogP contribution in [-0.2, 0) is 11.0 Å². The number of rotatable bonds is 3. The third kappa shape index (κ3) is 3.95. The van der Waals surface area contributed by atoms with E-state index in [4.69, 9.17) is 5.73 Å². The number of halogens is 4. The van der Waals surface area contributed by atoms with Gasteiger partial charge in [-0.3, -0.25) is 4.79 Å². The van der Waals surface area contributed by atoms with Gasteiger partial charge in [0, 0.05) is 18.5 Å². The molecule has 0 saturated heterocycles. The molecular formula is C12H13ClF3N5O. The summed E-state index contributed by atoms with van der Waals surface area (Å²) in [4.78, 5) is 15.1. The Hall–Kier alpha value is -2.13. The third-order valence-corrected chi connectivity index (χ3v) is 2.56. The minimum Gasteiger partial charge on any atom is -0.320 e. The number of nitrogens with two attached hydrogens (primary N) is 1. The van der Waals surface area contributed by atoms with E-state index in [1.54, 1.807) is 0 Å². The van der Waals surface area contributed by atoms with Crippen LogP contribution in [0.15, 0.2) is 30.6 Å². The summed E-state index contributed by atoms with van der Waals surface area (Å²) >= 11 is 0. The van der Waals surface area contributed by atoms with Gasteiger partial charge in [0.2, 0.25) is 5.91 Å². The Labute approximate surface area is 129 Å². The van der Waals surface area contributed by atoms with Gasteiger partial charge >= 0.3 is 6.18 Å². The highest BCUT2D eigenvalue weighted by Crippen LogP contribution is 2.32. The summed E-state index contributed by atoms with van der Waals surface area (Å²) in [5.74, 6) is -0.764. The molecule has 2 aromatic heterocycles. The average Bonchev–Trinajstić information content (AvgIpc) is 2.86. The predicted molar refractivity (Wildman–Crippen MR) is 75.9 cm³/mol. The van der Waals surface area contributed by atoms with E-state index in [1.807, 2.05) is 0 Å². The highest BCUT2D eigenvalue weighted by atomic mass is 35.5. The van der Waals surface area contributed by atoms with Crippen LogP contribution in [0.3, 0.4) is 0 Å². The molecule has 2 rings (SSSR count). The maximum Gasteiger partial charge on any atom is 0.420 e. The van der Waals surface area contributed by atoms with Crippen LogP contribution in [0.4, 0.5) is 19.0 Å². The molecule has 120 valence electrons. The van der Waals surface area contributed by atoms with Crippen molar-refractivity contribution < 1.29 is 18.0 Å². The molecule has 0 aromatic carbocycles. The van der Waals surface area contributed by atoms with E-state index in [1.165, 1.54) is 31.5 Å². The number of nitrogens with one attached hydrogen (secondary N) is 1. The summed E-state index contributed by atoms with van der Waals surface area (Å²) in [5.41, 5.74) is 4.46. The average molecular weight is 336 g/mol. The van der Waals surface area contributed by atoms with Crippen LogP contribution in [0.5, 0.6) is 0 Å². The van der Waals surface area contributed by atoms with Crippen LogP contribution in [0.2, 0.25) is 0 Å². The highest BCUT2D eigenvalue weighted by Gasteiger charge is 2.34. The molecule has 0 spiro atoms. The lowest BCUT2D eigenvalue weighted by Gasteiger charge is -2.11. The Bertz CT molecular complexity index is 656. The number of carbonyl (C=O) groups is 1. The molecule has 0 radical (unpaired) electrons. The van der Waals surface area contributed by atoms with Crippen LogP contribution in [0, 0.1) is 0 Å². The molecule has 1 atom stereocenters. The molecule has 0 aliphatic heterocycles. The molecule has 0 fully saturated rings. The third-order valence-electron chi connectivity index (χ3n) is 2.56. The van der Waals surface area contributed by atoms with Crippen molar-refractivity contribution in [2.45, 2.75) is 19.1 Å². The van der Waals surface area contributed by atoms with E-state index < -0.39 is 23.7 Å². The van der Waals surface area contributed by atoms with Gasteiger partial charge in [0.1, 0.15) is 5.56 Å². The second kappa shape index (κ2) is 6.75. The summed E-state index contributed by atoms with van der Waals surface area (Å²) in [5, 5.41) is 6.23. The normalized spacial score (nSPS) is 12.4. The largest absolute Gasteiger partial charge is 0.420 e. The first-order valence-corrected chi connectivity index (χ1v) is 5.93. The number of amides is 1. The van der Waals surface area contributed by atoms with Gasteiger partial charge in [-0.15, -0.1) is 17.5 Å². The van der Waals surface area contributed by atoms with Crippen molar-refractivity contribution in [3.63, 3.8) is 0 Å². The molecule has 0 aliphatic rings. The highest BCUT2D eigenvalue weighted by molar-refractivity contribution is 5.93. The van der Waals surface area contributed by atoms with Gasteiger partial charge in [-0.05, 0) is 19.1 Å². The molecule has 1 unspecified atom stereocenters. The van der Waals surface area contributed by atoms with Gasteiger partial charge in [0.05, 0.1) is 6.04 Å². The minimum absolute atomic E-state index is 0. The molecular weight excluding hydrogens is 323 g/mol. The topological polar surface area (TPSA) is 85.8 Å². The summed E-state index contributed by atoms with van der Waals surface area (Å²) in [7, 11) is 0.